The molecule has 0 spiro atoms. The van der Waals surface area contributed by atoms with Crippen LogP contribution in [0.5, 0.6) is 0 Å². The molecular weight excluding hydrogens is 362 g/mol. The fourth-order valence-electron chi connectivity index (χ4n) is 2.87. The number of nitrogens with zero attached hydrogens (tertiary/aromatic N) is 1. The van der Waals surface area contributed by atoms with Crippen molar-refractivity contribution in [2.75, 3.05) is 18.9 Å². The average Bonchev–Trinajstić information content (AvgIpc) is 2.63. The molecule has 0 saturated heterocycles. The van der Waals surface area contributed by atoms with Gasteiger partial charge < -0.3 is 15.5 Å². The van der Waals surface area contributed by atoms with Crippen molar-refractivity contribution in [1.29, 1.82) is 0 Å². The largest absolute Gasteiger partial charge is 0.331 e. The van der Waals surface area contributed by atoms with Crippen LogP contribution in [0, 0.1) is 6.92 Å². The van der Waals surface area contributed by atoms with E-state index in [2.05, 4.69) is 5.32 Å². The van der Waals surface area contributed by atoms with Crippen LogP contribution >= 0.6 is 11.6 Å². The van der Waals surface area contributed by atoms with E-state index in [9.17, 15) is 9.59 Å². The minimum absolute atomic E-state index is 0.0141. The molecule has 2 atom stereocenters. The Kier molecular flexibility index (Phi) is 7.39. The molecule has 2 aromatic rings. The number of likely N-dealkylation sites (N-methyl/N-ethyl adjacent to an activating group) is 1. The van der Waals surface area contributed by atoms with Crippen LogP contribution < -0.4 is 10.6 Å². The first kappa shape index (κ1) is 20.9. The number of aryl methyl sites for hydroxylation is 1. The Morgan fingerprint density at radius 1 is 1.07 bits per heavy atom. The second-order valence-electron chi connectivity index (χ2n) is 6.93. The minimum Gasteiger partial charge on any atom is -0.331 e. The third-order valence-corrected chi connectivity index (χ3v) is 4.71. The van der Waals surface area contributed by atoms with Gasteiger partial charge in [-0.2, -0.15) is 0 Å². The Morgan fingerprint density at radius 3 is 2.26 bits per heavy atom. The van der Waals surface area contributed by atoms with Crippen molar-refractivity contribution in [3.63, 3.8) is 0 Å². The van der Waals surface area contributed by atoms with Crippen LogP contribution in [-0.4, -0.2) is 36.3 Å². The first-order chi connectivity index (χ1) is 12.8. The standard InChI is InChI=1S/C21H26ClN3O2/c1-14-5-11-19(12-6-14)24-20(26)13-25(4)21(27)16(3)23-15(2)17-7-9-18(22)10-8-17/h5-12,15-16,23H,13H2,1-4H3,(H,24,26)/p+1/t15-,16+/m1/s1. The van der Waals surface area contributed by atoms with Crippen molar-refractivity contribution in [2.24, 2.45) is 0 Å². The third-order valence-electron chi connectivity index (χ3n) is 4.45. The highest BCUT2D eigenvalue weighted by atomic mass is 35.5. The van der Waals surface area contributed by atoms with E-state index in [1.165, 1.54) is 4.90 Å². The fourth-order valence-corrected chi connectivity index (χ4v) is 3.00. The lowest BCUT2D eigenvalue weighted by molar-refractivity contribution is -0.710. The molecule has 0 heterocycles. The van der Waals surface area contributed by atoms with Crippen molar-refractivity contribution in [1.82, 2.24) is 4.90 Å². The molecule has 27 heavy (non-hydrogen) atoms. The second-order valence-corrected chi connectivity index (χ2v) is 7.37. The van der Waals surface area contributed by atoms with Gasteiger partial charge in [0.2, 0.25) is 5.91 Å². The minimum atomic E-state index is -0.298. The van der Waals surface area contributed by atoms with Gasteiger partial charge in [0.05, 0.1) is 6.54 Å². The Labute approximate surface area is 165 Å². The van der Waals surface area contributed by atoms with Gasteiger partial charge in [0.1, 0.15) is 6.04 Å². The van der Waals surface area contributed by atoms with E-state index >= 15 is 0 Å². The predicted molar refractivity (Wildman–Crippen MR) is 109 cm³/mol. The van der Waals surface area contributed by atoms with E-state index in [0.717, 1.165) is 16.8 Å². The van der Waals surface area contributed by atoms with Crippen molar-refractivity contribution in [3.05, 3.63) is 64.7 Å². The molecule has 5 nitrogen and oxygen atoms in total. The highest BCUT2D eigenvalue weighted by Crippen LogP contribution is 2.13. The highest BCUT2D eigenvalue weighted by Gasteiger charge is 2.24. The van der Waals surface area contributed by atoms with Gasteiger partial charge >= 0.3 is 0 Å². The molecule has 0 bridgehead atoms. The molecule has 0 aliphatic carbocycles. The quantitative estimate of drug-likeness (QED) is 0.765. The number of nitrogens with one attached hydrogen (secondary N) is 1. The van der Waals surface area contributed by atoms with Crippen LogP contribution in [0.4, 0.5) is 5.69 Å². The Hall–Kier alpha value is -2.37. The van der Waals surface area contributed by atoms with E-state index in [4.69, 9.17) is 11.6 Å². The smallest absolute Gasteiger partial charge is 0.280 e. The maximum Gasteiger partial charge on any atom is 0.280 e. The first-order valence-corrected chi connectivity index (χ1v) is 9.36. The van der Waals surface area contributed by atoms with Gasteiger partial charge in [-0.15, -0.1) is 0 Å². The molecule has 0 unspecified atom stereocenters. The van der Waals surface area contributed by atoms with Gasteiger partial charge in [0.25, 0.3) is 5.91 Å². The molecule has 0 fully saturated rings. The lowest BCUT2D eigenvalue weighted by atomic mass is 10.1. The summed E-state index contributed by atoms with van der Waals surface area (Å²) in [6.45, 7) is 5.89. The van der Waals surface area contributed by atoms with Crippen molar-refractivity contribution < 1.29 is 14.9 Å². The second kappa shape index (κ2) is 9.53. The van der Waals surface area contributed by atoms with Crippen LogP contribution in [-0.2, 0) is 9.59 Å². The average molecular weight is 389 g/mol. The van der Waals surface area contributed by atoms with Gasteiger partial charge in [-0.25, -0.2) is 0 Å². The summed E-state index contributed by atoms with van der Waals surface area (Å²) in [6.07, 6.45) is 0. The van der Waals surface area contributed by atoms with E-state index in [1.54, 1.807) is 7.05 Å². The zero-order valence-corrected chi connectivity index (χ0v) is 17.0. The van der Waals surface area contributed by atoms with Gasteiger partial charge in [-0.1, -0.05) is 41.4 Å². The molecule has 2 aromatic carbocycles. The van der Waals surface area contributed by atoms with Crippen LogP contribution in [0.15, 0.2) is 48.5 Å². The third kappa shape index (κ3) is 6.38. The summed E-state index contributed by atoms with van der Waals surface area (Å²) < 4.78 is 0. The number of hydrogen-bond acceptors (Lipinski definition) is 2. The van der Waals surface area contributed by atoms with Crippen LogP contribution in [0.1, 0.15) is 31.0 Å². The number of benzene rings is 2. The molecule has 6 heteroatoms. The predicted octanol–water partition coefficient (Wildman–Crippen LogP) is 2.76. The maximum atomic E-state index is 12.6. The number of hydrogen-bond donors (Lipinski definition) is 2. The number of rotatable bonds is 7. The van der Waals surface area contributed by atoms with E-state index in [-0.39, 0.29) is 30.4 Å². The summed E-state index contributed by atoms with van der Waals surface area (Å²) in [5, 5.41) is 5.49. The monoisotopic (exact) mass is 388 g/mol. The van der Waals surface area contributed by atoms with Crippen molar-refractivity contribution in [3.8, 4) is 0 Å². The molecular formula is C21H27ClN3O2+. The van der Waals surface area contributed by atoms with Gasteiger partial charge in [0, 0.05) is 23.3 Å². The topological polar surface area (TPSA) is 66.0 Å². The number of anilines is 1. The molecule has 0 aliphatic heterocycles. The summed E-state index contributed by atoms with van der Waals surface area (Å²) >= 11 is 5.92. The lowest BCUT2D eigenvalue weighted by Crippen LogP contribution is -2.92. The number of amides is 2. The zero-order chi connectivity index (χ0) is 20.0. The highest BCUT2D eigenvalue weighted by molar-refractivity contribution is 6.30. The summed E-state index contributed by atoms with van der Waals surface area (Å²) in [5.41, 5.74) is 2.95. The maximum absolute atomic E-state index is 12.6. The fraction of sp³-hybridized carbons (Fsp3) is 0.333. The molecule has 0 aliphatic rings. The Morgan fingerprint density at radius 2 is 1.67 bits per heavy atom. The van der Waals surface area contributed by atoms with Crippen molar-refractivity contribution >= 4 is 29.1 Å². The molecule has 2 rings (SSSR count). The van der Waals surface area contributed by atoms with Crippen LogP contribution in [0.25, 0.3) is 0 Å². The first-order valence-electron chi connectivity index (χ1n) is 8.98. The van der Waals surface area contributed by atoms with E-state index < -0.39 is 0 Å². The molecule has 3 N–H and O–H groups in total. The summed E-state index contributed by atoms with van der Waals surface area (Å²) in [6, 6.07) is 15.0. The molecule has 0 radical (unpaired) electrons. The normalized spacial score (nSPS) is 12.9. The van der Waals surface area contributed by atoms with E-state index in [0.29, 0.717) is 5.02 Å². The van der Waals surface area contributed by atoms with Crippen molar-refractivity contribution in [2.45, 2.75) is 32.9 Å². The lowest BCUT2D eigenvalue weighted by Gasteiger charge is -2.22. The van der Waals surface area contributed by atoms with Gasteiger partial charge in [-0.3, -0.25) is 9.59 Å². The summed E-state index contributed by atoms with van der Waals surface area (Å²) in [5.74, 6) is -0.303. The molecule has 144 valence electrons. The van der Waals surface area contributed by atoms with Crippen LogP contribution in [0.2, 0.25) is 5.02 Å². The van der Waals surface area contributed by atoms with Gasteiger partial charge in [-0.05, 0) is 45.0 Å². The molecule has 2 amide bonds. The SMILES string of the molecule is Cc1ccc(NC(=O)CN(C)C(=O)[C@H](C)[NH2+][C@H](C)c2ccc(Cl)cc2)cc1. The molecule has 0 saturated carbocycles. The Bertz CT molecular complexity index is 775. The number of nitrogens with two attached hydrogens (primary N) is 1. The zero-order valence-electron chi connectivity index (χ0n) is 16.2. The van der Waals surface area contributed by atoms with Gasteiger partial charge in [0.15, 0.2) is 6.04 Å². The number of halogens is 1. The number of carbonyl (C=O) groups is 2. The summed E-state index contributed by atoms with van der Waals surface area (Å²) in [4.78, 5) is 26.2. The number of quaternary nitrogens is 1. The van der Waals surface area contributed by atoms with E-state index in [1.807, 2.05) is 74.6 Å². The van der Waals surface area contributed by atoms with Crippen LogP contribution in [0.3, 0.4) is 0 Å². The summed E-state index contributed by atoms with van der Waals surface area (Å²) in [7, 11) is 1.65. The molecule has 0 aromatic heterocycles. The Balaban J connectivity index is 1.86. The number of carbonyl (C=O) groups excluding carboxylic acids is 2.